The van der Waals surface area contributed by atoms with Gasteiger partial charge in [-0.15, -0.1) is 0 Å². The first kappa shape index (κ1) is 64.4. The van der Waals surface area contributed by atoms with Gasteiger partial charge in [0.25, 0.3) is 0 Å². The molecule has 26 aromatic rings. The molecule has 12 heteroatoms. The maximum atomic E-state index is 7.22. The van der Waals surface area contributed by atoms with Gasteiger partial charge in [-0.2, -0.15) is 0 Å². The van der Waals surface area contributed by atoms with Crippen LogP contribution in [-0.4, -0.2) is 39.0 Å². The van der Waals surface area contributed by atoms with Crippen LogP contribution >= 0.6 is 0 Å². The first-order valence-corrected chi connectivity index (χ1v) is 39.6. The van der Waals surface area contributed by atoms with Gasteiger partial charge in [0.2, 0.25) is 0 Å². The Hall–Kier alpha value is -16.2. The van der Waals surface area contributed by atoms with Crippen LogP contribution in [0.4, 0.5) is 0 Å². The maximum absolute atomic E-state index is 7.22. The molecule has 12 nitrogen and oxygen atoms in total. The minimum absolute atomic E-state index is 0.526. The molecule has 0 spiro atoms. The van der Waals surface area contributed by atoms with E-state index >= 15 is 0 Å². The molecule has 26 rings (SSSR count). The van der Waals surface area contributed by atoms with E-state index in [1.807, 2.05) is 84.9 Å². The monoisotopic (exact) mass is 1510 g/mol. The fourth-order valence-electron chi connectivity index (χ4n) is 18.8. The average molecular weight is 1510 g/mol. The number of nitrogens with zero attached hydrogens (tertiary/aromatic N) is 8. The minimum Gasteiger partial charge on any atom is -0.456 e. The van der Waals surface area contributed by atoms with E-state index in [0.717, 1.165) is 219 Å². The van der Waals surface area contributed by atoms with Gasteiger partial charge in [0.1, 0.15) is 33.5 Å². The Morgan fingerprint density at radius 2 is 0.542 bits per heavy atom. The molecule has 0 radical (unpaired) electrons. The van der Waals surface area contributed by atoms with Gasteiger partial charge in [0.15, 0.2) is 46.1 Å². The Morgan fingerprint density at radius 3 is 1.06 bits per heavy atom. The lowest BCUT2D eigenvalue weighted by Crippen LogP contribution is -2.01. The van der Waals surface area contributed by atoms with Crippen LogP contribution in [0.5, 0.6) is 0 Å². The van der Waals surface area contributed by atoms with Crippen LogP contribution in [0.3, 0.4) is 0 Å². The first-order chi connectivity index (χ1) is 58.4. The zero-order valence-electron chi connectivity index (χ0n) is 62.7. The summed E-state index contributed by atoms with van der Waals surface area (Å²) in [5, 5.41) is 21.1. The second-order valence-corrected chi connectivity index (χ2v) is 30.7. The molecule has 8 aromatic heterocycles. The molecule has 0 amide bonds. The highest BCUT2D eigenvalue weighted by Gasteiger charge is 2.28. The largest absolute Gasteiger partial charge is 0.456 e. The van der Waals surface area contributed by atoms with Crippen LogP contribution in [0.25, 0.3) is 265 Å². The number of aromatic nitrogens is 8. The van der Waals surface area contributed by atoms with Gasteiger partial charge < -0.3 is 26.8 Å². The van der Waals surface area contributed by atoms with E-state index in [0.29, 0.717) is 46.1 Å². The third-order valence-electron chi connectivity index (χ3n) is 24.2. The summed E-state index contributed by atoms with van der Waals surface area (Å²) in [6, 6.07) is 124. The van der Waals surface area contributed by atoms with Crippen molar-refractivity contribution < 1.29 is 17.7 Å². The summed E-state index contributed by atoms with van der Waals surface area (Å²) in [5.74, 6) is 3.27. The highest BCUT2D eigenvalue weighted by Crippen LogP contribution is 2.49. The summed E-state index contributed by atoms with van der Waals surface area (Å²) >= 11 is 0. The highest BCUT2D eigenvalue weighted by atomic mass is 16.3. The van der Waals surface area contributed by atoms with Crippen LogP contribution < -0.4 is 0 Å². The molecule has 0 saturated heterocycles. The Balaban J connectivity index is 0.626. The predicted molar refractivity (Wildman–Crippen MR) is 479 cm³/mol. The SMILES string of the molecule is c1ccc2cc(-c3nc(-c4ccc5oc6ccccc6c5c4)nc(-c4ccc(-n5c6ccccc6c6cc7c(-c8cccc9cc%10c(cc89)c8ccccc8n%10-c8ccc(-c9nc(-c%10ccc%11oc%12ccccc%12c%11c%10)nc(-c%10cccc%11ccccc%10%11)n9)c9c8oc8ccccc89)cccc7cc65)c5oc6ccccc6c45)n3)ccc2c1. The number of fused-ring (bicyclic) bond motifs is 22. The highest BCUT2D eigenvalue weighted by molar-refractivity contribution is 6.23. The standard InChI is InChI=1S/C106H58N8O4/c1-2-22-61-52-64(43-42-59(61)20-1)101-107-102(65-44-50-95-83(53-65)72-29-7-13-38-91(72)115-95)110-105(109-101)77-46-48-87(99-97(77)75-31-9-15-40-93(75)117-99)113-85-36-11-5-27-70(85)81-57-79-62(55-89(81)113)24-18-33-68(79)69-34-19-25-63-56-90-82(58-80(63)69)71-28-6-12-37-86(71)114(90)88-49-47-78(98-76-32-10-16-41-94(76)118-100(88)98)106-111-103(66-45-51-96-84(54-66)73-30-8-14-39-92(73)116-96)108-104(112-106)74-35-17-23-60-21-3-4-26-67(60)74/h1-58H. The van der Waals surface area contributed by atoms with Gasteiger partial charge in [-0.3, -0.25) is 0 Å². The summed E-state index contributed by atoms with van der Waals surface area (Å²) < 4.78 is 31.8. The predicted octanol–water partition coefficient (Wildman–Crippen LogP) is 28.1. The van der Waals surface area contributed by atoms with Crippen LogP contribution in [0.1, 0.15) is 0 Å². The molecule has 0 bridgehead atoms. The molecule has 8 heterocycles. The van der Waals surface area contributed by atoms with Crippen molar-refractivity contribution in [2.45, 2.75) is 0 Å². The number of benzene rings is 18. The molecule has 0 saturated carbocycles. The Morgan fingerprint density at radius 1 is 0.178 bits per heavy atom. The third-order valence-corrected chi connectivity index (χ3v) is 24.2. The molecule has 0 fully saturated rings. The van der Waals surface area contributed by atoms with Gasteiger partial charge in [0.05, 0.1) is 33.4 Å². The van der Waals surface area contributed by atoms with Gasteiger partial charge >= 0.3 is 0 Å². The molecule has 0 N–H and O–H groups in total. The lowest BCUT2D eigenvalue weighted by molar-refractivity contribution is 0.666. The molecular formula is C106H58N8O4. The van der Waals surface area contributed by atoms with Crippen molar-refractivity contribution in [3.63, 3.8) is 0 Å². The van der Waals surface area contributed by atoms with Crippen molar-refractivity contribution in [1.29, 1.82) is 0 Å². The molecule has 0 aliphatic carbocycles. The van der Waals surface area contributed by atoms with E-state index in [4.69, 9.17) is 47.6 Å². The van der Waals surface area contributed by atoms with Crippen molar-refractivity contribution >= 4 is 174 Å². The van der Waals surface area contributed by atoms with E-state index in [-0.39, 0.29) is 0 Å². The molecule has 118 heavy (non-hydrogen) atoms. The summed E-state index contributed by atoms with van der Waals surface area (Å²) in [7, 11) is 0. The van der Waals surface area contributed by atoms with Crippen molar-refractivity contribution in [1.82, 2.24) is 39.0 Å². The number of para-hydroxylation sites is 6. The zero-order chi connectivity index (χ0) is 77.0. The second-order valence-electron chi connectivity index (χ2n) is 30.7. The molecule has 546 valence electrons. The minimum atomic E-state index is 0.526. The Kier molecular flexibility index (Phi) is 13.5. The number of hydrogen-bond acceptors (Lipinski definition) is 10. The second kappa shape index (κ2) is 24.7. The number of hydrogen-bond donors (Lipinski definition) is 0. The summed E-state index contributed by atoms with van der Waals surface area (Å²) in [6.45, 7) is 0. The van der Waals surface area contributed by atoms with Gasteiger partial charge in [0, 0.05) is 98.0 Å². The average Bonchev–Trinajstić information content (AvgIpc) is 1.55. The number of furan rings is 4. The summed E-state index contributed by atoms with van der Waals surface area (Å²) in [5.41, 5.74) is 19.5. The molecule has 0 atom stereocenters. The van der Waals surface area contributed by atoms with E-state index in [9.17, 15) is 0 Å². The van der Waals surface area contributed by atoms with Crippen LogP contribution in [0.15, 0.2) is 370 Å². The van der Waals surface area contributed by atoms with Crippen LogP contribution in [-0.2, 0) is 0 Å². The third kappa shape index (κ3) is 9.59. The lowest BCUT2D eigenvalue weighted by atomic mass is 9.92. The van der Waals surface area contributed by atoms with E-state index in [2.05, 4.69) is 276 Å². The van der Waals surface area contributed by atoms with Gasteiger partial charge in [-0.05, 0) is 182 Å². The lowest BCUT2D eigenvalue weighted by Gasteiger charge is -2.14. The molecular weight excluding hydrogens is 1450 g/mol. The topological polar surface area (TPSA) is 140 Å². The summed E-state index contributed by atoms with van der Waals surface area (Å²) in [4.78, 5) is 32.4. The fraction of sp³-hybridized carbons (Fsp3) is 0. The quantitative estimate of drug-likeness (QED) is 0.137. The number of rotatable bonds is 9. The van der Waals surface area contributed by atoms with E-state index < -0.39 is 0 Å². The normalized spacial score (nSPS) is 12.2. The molecule has 0 aliphatic heterocycles. The van der Waals surface area contributed by atoms with Crippen LogP contribution in [0, 0.1) is 0 Å². The van der Waals surface area contributed by atoms with Crippen LogP contribution in [0.2, 0.25) is 0 Å². The van der Waals surface area contributed by atoms with Crippen molar-refractivity contribution in [3.8, 4) is 90.8 Å². The van der Waals surface area contributed by atoms with Gasteiger partial charge in [-0.25, -0.2) is 29.9 Å². The summed E-state index contributed by atoms with van der Waals surface area (Å²) in [6.07, 6.45) is 0. The Labute approximate surface area is 669 Å². The van der Waals surface area contributed by atoms with E-state index in [1.54, 1.807) is 0 Å². The van der Waals surface area contributed by atoms with Crippen molar-refractivity contribution in [2.24, 2.45) is 0 Å². The Bertz CT molecular complexity index is 8870. The molecule has 18 aromatic carbocycles. The van der Waals surface area contributed by atoms with E-state index in [1.165, 1.54) is 0 Å². The fourth-order valence-corrected chi connectivity index (χ4v) is 18.8. The van der Waals surface area contributed by atoms with Crippen molar-refractivity contribution in [2.75, 3.05) is 0 Å². The van der Waals surface area contributed by atoms with Crippen molar-refractivity contribution in [3.05, 3.63) is 352 Å². The maximum Gasteiger partial charge on any atom is 0.164 e. The smallest absolute Gasteiger partial charge is 0.164 e. The molecule has 0 aliphatic rings. The van der Waals surface area contributed by atoms with Gasteiger partial charge in [-0.1, -0.05) is 224 Å². The zero-order valence-corrected chi connectivity index (χ0v) is 62.7. The first-order valence-electron chi connectivity index (χ1n) is 39.6. The molecule has 0 unspecified atom stereocenters.